The normalized spacial score (nSPS) is 14.0. The number of hydrogen-bond donors (Lipinski definition) is 0. The molecule has 0 N–H and O–H groups in total. The van der Waals surface area contributed by atoms with Gasteiger partial charge in [-0.2, -0.15) is 0 Å². The Hall–Kier alpha value is -8.41. The van der Waals surface area contributed by atoms with Crippen molar-refractivity contribution in [2.45, 2.75) is 86.0 Å². The third-order valence-corrected chi connectivity index (χ3v) is 14.5. The molecule has 5 heterocycles. The molecular formula is C60H67BrN4O19. The van der Waals surface area contributed by atoms with E-state index in [9.17, 15) is 38.4 Å². The molecule has 23 nitrogen and oxygen atoms in total. The molecule has 0 amide bonds. The fraction of sp³-hybridized carbons (Fsp3) is 0.450. The van der Waals surface area contributed by atoms with Gasteiger partial charge in [-0.1, -0.05) is 12.1 Å². The number of anilines is 3. The van der Waals surface area contributed by atoms with Gasteiger partial charge in [-0.25, -0.2) is 4.58 Å². The first-order valence-corrected chi connectivity index (χ1v) is 27.6. The predicted octanol–water partition coefficient (Wildman–Crippen LogP) is 0.760. The largest absolute Gasteiger partial charge is 1.00 e. The fourth-order valence-electron chi connectivity index (χ4n) is 11.1. The highest BCUT2D eigenvalue weighted by Crippen LogP contribution is 2.49. The zero-order valence-corrected chi connectivity index (χ0v) is 49.2. The Morgan fingerprint density at radius 2 is 1.01 bits per heavy atom. The lowest BCUT2D eigenvalue weighted by molar-refractivity contribution is -0.167. The zero-order valence-electron chi connectivity index (χ0n) is 47.6. The number of carbonyl (C=O) groups is 8. The van der Waals surface area contributed by atoms with Gasteiger partial charge in [-0.15, -0.1) is 0 Å². The number of hydrogen-bond acceptors (Lipinski definition) is 22. The maximum absolute atomic E-state index is 13.6. The number of nitrogens with zero attached hydrogens (tertiary/aromatic N) is 4. The van der Waals surface area contributed by atoms with Crippen LogP contribution in [0.2, 0.25) is 0 Å². The van der Waals surface area contributed by atoms with Crippen molar-refractivity contribution in [2.24, 2.45) is 0 Å². The molecule has 0 spiro atoms. The van der Waals surface area contributed by atoms with Crippen molar-refractivity contribution in [1.29, 1.82) is 0 Å². The van der Waals surface area contributed by atoms with Gasteiger partial charge in [0.1, 0.15) is 75.5 Å². The molecule has 5 aliphatic rings. The quantitative estimate of drug-likeness (QED) is 0.0272. The van der Waals surface area contributed by atoms with Gasteiger partial charge in [0.15, 0.2) is 0 Å². The van der Waals surface area contributed by atoms with Crippen LogP contribution in [0.1, 0.15) is 92.3 Å². The highest BCUT2D eigenvalue weighted by molar-refractivity contribution is 5.91. The van der Waals surface area contributed by atoms with Crippen molar-refractivity contribution in [3.63, 3.8) is 0 Å². The van der Waals surface area contributed by atoms with E-state index in [1.807, 2.05) is 19.1 Å². The van der Waals surface area contributed by atoms with Gasteiger partial charge >= 0.3 is 47.8 Å². The summed E-state index contributed by atoms with van der Waals surface area (Å²) in [4.78, 5) is 105. The number of esters is 8. The van der Waals surface area contributed by atoms with Gasteiger partial charge in [0.05, 0.1) is 16.9 Å². The summed E-state index contributed by atoms with van der Waals surface area (Å²) in [6.07, 6.45) is 7.49. The molecule has 0 unspecified atom stereocenters. The van der Waals surface area contributed by atoms with Crippen molar-refractivity contribution >= 4 is 70.4 Å². The number of fused-ring (bicyclic) bond motifs is 4. The van der Waals surface area contributed by atoms with Gasteiger partial charge in [0.25, 0.3) is 0 Å². The molecule has 0 radical (unpaired) electrons. The maximum atomic E-state index is 13.6. The minimum absolute atomic E-state index is 0. The highest BCUT2D eigenvalue weighted by atomic mass is 79.9. The summed E-state index contributed by atoms with van der Waals surface area (Å²) in [5.41, 5.74) is 9.98. The summed E-state index contributed by atoms with van der Waals surface area (Å²) in [5, 5.41) is 2.20. The van der Waals surface area contributed by atoms with Crippen LogP contribution in [0.3, 0.4) is 0 Å². The molecule has 448 valence electrons. The molecule has 0 atom stereocenters. The van der Waals surface area contributed by atoms with E-state index in [1.54, 1.807) is 24.3 Å². The number of halogens is 1. The number of rotatable bonds is 24. The number of benzene rings is 4. The molecule has 0 aliphatic carbocycles. The van der Waals surface area contributed by atoms with Crippen LogP contribution in [0.5, 0.6) is 23.0 Å². The summed E-state index contributed by atoms with van der Waals surface area (Å²) < 4.78 is 63.0. The van der Waals surface area contributed by atoms with Gasteiger partial charge in [0, 0.05) is 86.8 Å². The van der Waals surface area contributed by atoms with E-state index in [1.165, 1.54) is 43.1 Å². The number of ether oxygens (including phenoxy) is 11. The van der Waals surface area contributed by atoms with Crippen LogP contribution >= 0.6 is 0 Å². The molecule has 0 fully saturated rings. The SMILES string of the molecule is CC(=O)OCOC(=O)CN(CC(=O)OCOC(C)=O)c1ccc(C)cc1OCCOc1cc(C2=c3cc4c5c(c3Oc3c2cc2c6c3CCCN6CCC2)CCC[N+]=5CCC4)ccc1N(CC(=O)OCOC(C)=O)CC(=O)OCOC(C)=O.[Br-]. The third-order valence-electron chi connectivity index (χ3n) is 14.5. The van der Waals surface area contributed by atoms with Crippen LogP contribution in [0.25, 0.3) is 5.57 Å². The van der Waals surface area contributed by atoms with Crippen LogP contribution < -0.4 is 61.0 Å². The average molecular weight is 1230 g/mol. The Morgan fingerprint density at radius 1 is 0.536 bits per heavy atom. The summed E-state index contributed by atoms with van der Waals surface area (Å²) in [6, 6.07) is 15.1. The lowest BCUT2D eigenvalue weighted by Gasteiger charge is -2.39. The second-order valence-electron chi connectivity index (χ2n) is 20.5. The van der Waals surface area contributed by atoms with E-state index in [2.05, 4.69) is 21.6 Å². The van der Waals surface area contributed by atoms with E-state index in [-0.39, 0.29) is 53.1 Å². The Bertz CT molecular complexity index is 3290. The molecule has 0 bridgehead atoms. The lowest BCUT2D eigenvalue weighted by Crippen LogP contribution is -3.00. The Morgan fingerprint density at radius 3 is 1.55 bits per heavy atom. The Balaban J connectivity index is 0.00000920. The predicted molar refractivity (Wildman–Crippen MR) is 294 cm³/mol. The zero-order chi connectivity index (χ0) is 58.7. The minimum Gasteiger partial charge on any atom is -1.00 e. The Kier molecular flexibility index (Phi) is 20.7. The first kappa shape index (κ1) is 61.7. The summed E-state index contributed by atoms with van der Waals surface area (Å²) in [6.45, 7) is 5.05. The topological polar surface area (TPSA) is 251 Å². The summed E-state index contributed by atoms with van der Waals surface area (Å²) in [5.74, 6) is -4.15. The van der Waals surface area contributed by atoms with E-state index in [4.69, 9.17) is 52.1 Å². The van der Waals surface area contributed by atoms with Gasteiger partial charge < -0.3 is 83.8 Å². The second kappa shape index (κ2) is 28.2. The molecule has 24 heteroatoms. The van der Waals surface area contributed by atoms with Gasteiger partial charge in [-0.3, -0.25) is 38.4 Å². The second-order valence-corrected chi connectivity index (χ2v) is 20.5. The fourth-order valence-corrected chi connectivity index (χ4v) is 11.1. The van der Waals surface area contributed by atoms with Crippen molar-refractivity contribution < 1.29 is 107 Å². The van der Waals surface area contributed by atoms with Gasteiger partial charge in [0.2, 0.25) is 32.5 Å². The van der Waals surface area contributed by atoms with Crippen molar-refractivity contribution in [3.8, 4) is 23.0 Å². The van der Waals surface area contributed by atoms with Crippen LogP contribution in [0.4, 0.5) is 17.1 Å². The molecular weight excluding hydrogens is 1160 g/mol. The lowest BCUT2D eigenvalue weighted by atomic mass is 9.82. The highest BCUT2D eigenvalue weighted by Gasteiger charge is 2.36. The van der Waals surface area contributed by atoms with Crippen molar-refractivity contribution in [3.05, 3.63) is 98.1 Å². The molecule has 5 aliphatic heterocycles. The van der Waals surface area contributed by atoms with Crippen LogP contribution in [-0.2, 0) is 102 Å². The minimum atomic E-state index is -0.873. The molecule has 9 rings (SSSR count). The molecule has 0 saturated heterocycles. The van der Waals surface area contributed by atoms with E-state index in [0.29, 0.717) is 0 Å². The van der Waals surface area contributed by atoms with Crippen LogP contribution in [-0.4, -0.2) is 140 Å². The molecule has 4 aromatic carbocycles. The van der Waals surface area contributed by atoms with Crippen LogP contribution in [0, 0.1) is 6.92 Å². The average Bonchev–Trinajstić information content (AvgIpc) is 0.818. The van der Waals surface area contributed by atoms with Crippen molar-refractivity contribution in [2.75, 3.05) is 107 Å². The number of aryl methyl sites for hydroxylation is 3. The van der Waals surface area contributed by atoms with E-state index >= 15 is 0 Å². The standard InChI is InChI=1S/C60H67N4O19.BrH/c1-36-14-16-48(63(28-52(69)79-32-75-37(2)65)29-53(70)80-33-76-38(3)66)50(24-36)73-22-23-74-51-27-41(15-17-49(51)64(30-54(71)81-34-77-39(4)67)31-55(72)82-35-78-40(5)68)56-46-25-42-10-6-18-61-20-8-12-44(57(42)61)59(46)83-60-45-13-9-21-62-19-7-11-43(58(45)62)26-47(56)60;/h14-17,24-27H,6-13,18-23,28-35H2,1-5H3;1H/q+1;/p-1. The number of carbonyl (C=O) groups excluding carboxylic acids is 8. The first-order chi connectivity index (χ1) is 40.0. The monoisotopic (exact) mass is 1230 g/mol. The van der Waals surface area contributed by atoms with Gasteiger partial charge in [-0.05, 0) is 98.5 Å². The maximum Gasteiger partial charge on any atom is 0.328 e. The van der Waals surface area contributed by atoms with E-state index in [0.717, 1.165) is 144 Å². The Labute approximate surface area is 494 Å². The van der Waals surface area contributed by atoms with E-state index < -0.39 is 101 Å². The van der Waals surface area contributed by atoms with Crippen LogP contribution in [0.15, 0.2) is 48.5 Å². The molecule has 84 heavy (non-hydrogen) atoms. The summed E-state index contributed by atoms with van der Waals surface area (Å²) in [7, 11) is 0. The first-order valence-electron chi connectivity index (χ1n) is 27.6. The molecule has 0 saturated carbocycles. The molecule has 0 aromatic heterocycles. The molecule has 4 aromatic rings. The summed E-state index contributed by atoms with van der Waals surface area (Å²) >= 11 is 0. The third kappa shape index (κ3) is 15.0. The van der Waals surface area contributed by atoms with Crippen molar-refractivity contribution in [1.82, 2.24) is 4.58 Å². The smallest absolute Gasteiger partial charge is 0.328 e.